The third kappa shape index (κ3) is 6.89. The molecule has 1 aliphatic heterocycles. The van der Waals surface area contributed by atoms with Crippen molar-refractivity contribution in [2.24, 2.45) is 0 Å². The molecule has 36 heavy (non-hydrogen) atoms. The first-order valence-corrected chi connectivity index (χ1v) is 12.3. The molecular formula is C30H34N2O4. The molecule has 0 saturated carbocycles. The van der Waals surface area contributed by atoms with E-state index in [4.69, 9.17) is 9.47 Å². The summed E-state index contributed by atoms with van der Waals surface area (Å²) in [6.07, 6.45) is 1.98. The number of ether oxygens (including phenoxy) is 2. The van der Waals surface area contributed by atoms with E-state index in [1.807, 2.05) is 72.8 Å². The number of benzene rings is 3. The molecule has 4 rings (SSSR count). The fraction of sp³-hybridized carbons (Fsp3) is 0.300. The van der Waals surface area contributed by atoms with Crippen molar-refractivity contribution in [3.63, 3.8) is 0 Å². The number of hydrogen-bond donors (Lipinski definition) is 2. The van der Waals surface area contributed by atoms with Crippen molar-refractivity contribution < 1.29 is 19.4 Å². The van der Waals surface area contributed by atoms with Crippen LogP contribution in [-0.4, -0.2) is 42.2 Å². The van der Waals surface area contributed by atoms with Crippen LogP contribution in [0.1, 0.15) is 51.4 Å². The minimum absolute atomic E-state index is 0.0129. The summed E-state index contributed by atoms with van der Waals surface area (Å²) in [5.41, 5.74) is 4.51. The lowest BCUT2D eigenvalue weighted by Crippen LogP contribution is -2.37. The molecular weight excluding hydrogens is 452 g/mol. The van der Waals surface area contributed by atoms with E-state index < -0.39 is 6.29 Å². The van der Waals surface area contributed by atoms with E-state index in [-0.39, 0.29) is 24.7 Å². The quantitative estimate of drug-likeness (QED) is 0.404. The number of hydrogen-bond acceptors (Lipinski definition) is 5. The van der Waals surface area contributed by atoms with Crippen LogP contribution in [0.15, 0.2) is 91.5 Å². The molecule has 3 aromatic rings. The number of likely N-dealkylation sites (N-methyl/N-ethyl adjacent to an activating group) is 1. The van der Waals surface area contributed by atoms with Crippen molar-refractivity contribution in [1.29, 1.82) is 0 Å². The number of aliphatic hydroxyl groups excluding tert-OH is 1. The lowest BCUT2D eigenvalue weighted by Gasteiger charge is -2.37. The Bertz CT molecular complexity index is 1120. The number of rotatable bonds is 10. The summed E-state index contributed by atoms with van der Waals surface area (Å²) in [6, 6.07) is 25.1. The molecule has 0 aliphatic carbocycles. The van der Waals surface area contributed by atoms with Crippen molar-refractivity contribution in [2.45, 2.75) is 38.1 Å². The number of aliphatic hydroxyl groups is 1. The highest BCUT2D eigenvalue weighted by molar-refractivity contribution is 5.94. The maximum atomic E-state index is 12.3. The maximum absolute atomic E-state index is 12.3. The van der Waals surface area contributed by atoms with Crippen LogP contribution in [0.25, 0.3) is 0 Å². The molecule has 6 heteroatoms. The normalized spacial score (nSPS) is 19.7. The van der Waals surface area contributed by atoms with Gasteiger partial charge in [-0.3, -0.25) is 4.79 Å². The molecule has 2 N–H and O–H groups in total. The minimum atomic E-state index is -0.503. The molecule has 1 saturated heterocycles. The van der Waals surface area contributed by atoms with Crippen molar-refractivity contribution in [2.75, 3.05) is 20.1 Å². The summed E-state index contributed by atoms with van der Waals surface area (Å²) in [5, 5.41) is 12.3. The lowest BCUT2D eigenvalue weighted by atomic mass is 9.99. The Morgan fingerprint density at radius 2 is 1.67 bits per heavy atom. The first kappa shape index (κ1) is 25.8. The average Bonchev–Trinajstić information content (AvgIpc) is 2.92. The van der Waals surface area contributed by atoms with E-state index >= 15 is 0 Å². The molecule has 1 aliphatic rings. The lowest BCUT2D eigenvalue weighted by molar-refractivity contribution is -0.252. The molecule has 188 valence electrons. The van der Waals surface area contributed by atoms with Crippen molar-refractivity contribution in [3.8, 4) is 0 Å². The van der Waals surface area contributed by atoms with Crippen LogP contribution < -0.4 is 5.32 Å². The maximum Gasteiger partial charge on any atom is 0.251 e. The summed E-state index contributed by atoms with van der Waals surface area (Å²) in [7, 11) is 2.05. The Labute approximate surface area is 213 Å². The summed E-state index contributed by atoms with van der Waals surface area (Å²) in [6.45, 7) is 5.84. The molecule has 1 fully saturated rings. The predicted molar refractivity (Wildman–Crippen MR) is 140 cm³/mol. The second kappa shape index (κ2) is 12.6. The second-order valence-electron chi connectivity index (χ2n) is 9.15. The van der Waals surface area contributed by atoms with Gasteiger partial charge in [0, 0.05) is 37.2 Å². The molecule has 1 amide bonds. The number of nitrogens with zero attached hydrogens (tertiary/aromatic N) is 1. The van der Waals surface area contributed by atoms with Gasteiger partial charge in [-0.25, -0.2) is 0 Å². The largest absolute Gasteiger partial charge is 0.392 e. The van der Waals surface area contributed by atoms with Crippen molar-refractivity contribution in [3.05, 3.63) is 119 Å². The molecule has 0 aromatic heterocycles. The topological polar surface area (TPSA) is 71.0 Å². The highest BCUT2D eigenvalue weighted by Crippen LogP contribution is 2.38. The number of carbonyl (C=O) groups is 1. The van der Waals surface area contributed by atoms with Crippen LogP contribution in [0, 0.1) is 0 Å². The molecule has 3 atom stereocenters. The van der Waals surface area contributed by atoms with Gasteiger partial charge in [-0.15, -0.1) is 6.58 Å². The van der Waals surface area contributed by atoms with Gasteiger partial charge in [-0.2, -0.15) is 0 Å². The number of amides is 1. The van der Waals surface area contributed by atoms with Gasteiger partial charge in [0.15, 0.2) is 6.29 Å². The molecule has 0 unspecified atom stereocenters. The molecule has 1 heterocycles. The van der Waals surface area contributed by atoms with Crippen LogP contribution in [-0.2, 0) is 22.6 Å². The minimum Gasteiger partial charge on any atom is -0.392 e. The molecule has 0 spiro atoms. The van der Waals surface area contributed by atoms with Gasteiger partial charge < -0.3 is 24.8 Å². The van der Waals surface area contributed by atoms with Crippen LogP contribution >= 0.6 is 0 Å². The second-order valence-corrected chi connectivity index (χ2v) is 9.15. The van der Waals surface area contributed by atoms with Crippen LogP contribution in [0.5, 0.6) is 0 Å². The first-order chi connectivity index (χ1) is 17.6. The highest BCUT2D eigenvalue weighted by Gasteiger charge is 2.32. The zero-order valence-corrected chi connectivity index (χ0v) is 20.7. The summed E-state index contributed by atoms with van der Waals surface area (Å²) < 4.78 is 12.8. The molecule has 0 radical (unpaired) electrons. The Balaban J connectivity index is 1.44. The van der Waals surface area contributed by atoms with Gasteiger partial charge in [0.25, 0.3) is 5.91 Å². The van der Waals surface area contributed by atoms with Crippen molar-refractivity contribution in [1.82, 2.24) is 10.2 Å². The fourth-order valence-electron chi connectivity index (χ4n) is 4.34. The Kier molecular flexibility index (Phi) is 9.03. The van der Waals surface area contributed by atoms with Gasteiger partial charge in [-0.05, 0) is 35.9 Å². The van der Waals surface area contributed by atoms with E-state index in [0.717, 1.165) is 41.8 Å². The SMILES string of the molecule is C=CCN(C)C[C@@H]1C[C@H](c2ccc(CO)cc2)O[C@H](c2ccc(CNC(=O)c3ccccc3)cc2)O1. The monoisotopic (exact) mass is 486 g/mol. The smallest absolute Gasteiger partial charge is 0.251 e. The van der Waals surface area contributed by atoms with Crippen molar-refractivity contribution >= 4 is 5.91 Å². The van der Waals surface area contributed by atoms with Gasteiger partial charge in [0.2, 0.25) is 0 Å². The van der Waals surface area contributed by atoms with Crippen LogP contribution in [0.3, 0.4) is 0 Å². The third-order valence-electron chi connectivity index (χ3n) is 6.31. The summed E-state index contributed by atoms with van der Waals surface area (Å²) >= 11 is 0. The van der Waals surface area contributed by atoms with E-state index in [1.165, 1.54) is 0 Å². The van der Waals surface area contributed by atoms with E-state index in [2.05, 4.69) is 23.8 Å². The van der Waals surface area contributed by atoms with E-state index in [1.54, 1.807) is 12.1 Å². The summed E-state index contributed by atoms with van der Waals surface area (Å²) in [5.74, 6) is -0.0971. The Hall–Kier alpha value is -3.29. The molecule has 3 aromatic carbocycles. The molecule has 0 bridgehead atoms. The highest BCUT2D eigenvalue weighted by atomic mass is 16.7. The van der Waals surface area contributed by atoms with Gasteiger partial charge >= 0.3 is 0 Å². The van der Waals surface area contributed by atoms with E-state index in [9.17, 15) is 9.90 Å². The third-order valence-corrected chi connectivity index (χ3v) is 6.31. The van der Waals surface area contributed by atoms with Gasteiger partial charge in [0.05, 0.1) is 18.8 Å². The predicted octanol–water partition coefficient (Wildman–Crippen LogP) is 4.77. The van der Waals surface area contributed by atoms with Crippen LogP contribution in [0.2, 0.25) is 0 Å². The van der Waals surface area contributed by atoms with Gasteiger partial charge in [0.1, 0.15) is 0 Å². The van der Waals surface area contributed by atoms with E-state index in [0.29, 0.717) is 12.1 Å². The van der Waals surface area contributed by atoms with Gasteiger partial charge in [-0.1, -0.05) is 72.8 Å². The Morgan fingerprint density at radius 3 is 2.33 bits per heavy atom. The summed E-state index contributed by atoms with van der Waals surface area (Å²) in [4.78, 5) is 14.5. The zero-order chi connectivity index (χ0) is 25.3. The average molecular weight is 487 g/mol. The number of carbonyl (C=O) groups excluding carboxylic acids is 1. The molecule has 6 nitrogen and oxygen atoms in total. The first-order valence-electron chi connectivity index (χ1n) is 12.3. The van der Waals surface area contributed by atoms with Crippen LogP contribution in [0.4, 0.5) is 0 Å². The number of nitrogens with one attached hydrogen (secondary N) is 1. The standard InChI is InChI=1S/C30H34N2O4/c1-3-17-32(2)20-27-18-28(24-13-11-23(21-33)12-14-24)36-30(35-27)26-15-9-22(10-16-26)19-31-29(34)25-7-5-4-6-8-25/h3-16,27-28,30,33H,1,17-21H2,2H3,(H,31,34)/t27-,28+,30+/m0/s1. The Morgan fingerprint density at radius 1 is 1.00 bits per heavy atom. The zero-order valence-electron chi connectivity index (χ0n) is 20.7. The fourth-order valence-corrected chi connectivity index (χ4v) is 4.34.